The van der Waals surface area contributed by atoms with Crippen molar-refractivity contribution in [2.24, 2.45) is 0 Å². The Kier molecular flexibility index (Phi) is 8.38. The molecule has 3 aromatic rings. The van der Waals surface area contributed by atoms with Crippen LogP contribution in [0.15, 0.2) is 72.8 Å². The summed E-state index contributed by atoms with van der Waals surface area (Å²) in [4.78, 5) is 41.8. The lowest BCUT2D eigenvalue weighted by Crippen LogP contribution is -2.53. The topological polar surface area (TPSA) is 90.5 Å². The van der Waals surface area contributed by atoms with Crippen LogP contribution in [-0.2, 0) is 16.0 Å². The first-order chi connectivity index (χ1) is 18.5. The number of amides is 4. The van der Waals surface area contributed by atoms with E-state index in [9.17, 15) is 14.4 Å². The van der Waals surface area contributed by atoms with Crippen LogP contribution in [-0.4, -0.2) is 36.0 Å². The first kappa shape index (κ1) is 27.9. The molecule has 1 heterocycles. The lowest BCUT2D eigenvalue weighted by Gasteiger charge is -2.28. The van der Waals surface area contributed by atoms with Crippen molar-refractivity contribution >= 4 is 29.2 Å². The van der Waals surface area contributed by atoms with Gasteiger partial charge in [0.2, 0.25) is 11.8 Å². The van der Waals surface area contributed by atoms with E-state index < -0.39 is 17.6 Å². The van der Waals surface area contributed by atoms with Crippen molar-refractivity contribution in [1.29, 1.82) is 0 Å². The summed E-state index contributed by atoms with van der Waals surface area (Å²) in [5.74, 6) is -0.729. The first-order valence-electron chi connectivity index (χ1n) is 13.5. The van der Waals surface area contributed by atoms with E-state index >= 15 is 0 Å². The van der Waals surface area contributed by atoms with E-state index in [0.29, 0.717) is 17.8 Å². The number of anilines is 2. The van der Waals surface area contributed by atoms with Gasteiger partial charge in [0.1, 0.15) is 12.6 Å². The van der Waals surface area contributed by atoms with Crippen LogP contribution in [0.3, 0.4) is 0 Å². The summed E-state index contributed by atoms with van der Waals surface area (Å²) in [5, 5.41) is 8.72. The van der Waals surface area contributed by atoms with Crippen LogP contribution in [0.5, 0.6) is 0 Å². The molecule has 7 heteroatoms. The Balaban J connectivity index is 1.73. The molecule has 4 amide bonds. The lowest BCUT2D eigenvalue weighted by molar-refractivity contribution is -0.125. The maximum Gasteiger partial charge on any atom is 0.319 e. The fraction of sp³-hybridized carbons (Fsp3) is 0.344. The van der Waals surface area contributed by atoms with Crippen LogP contribution in [0.25, 0.3) is 0 Å². The molecule has 2 atom stereocenters. The number of hydrogen-bond donors (Lipinski definition) is 3. The monoisotopic (exact) mass is 526 g/mol. The summed E-state index contributed by atoms with van der Waals surface area (Å²) in [7, 11) is 0. The van der Waals surface area contributed by atoms with E-state index in [4.69, 9.17) is 0 Å². The summed E-state index contributed by atoms with van der Waals surface area (Å²) < 4.78 is 0. The van der Waals surface area contributed by atoms with Gasteiger partial charge in [0.05, 0.1) is 0 Å². The van der Waals surface area contributed by atoms with Gasteiger partial charge in [-0.1, -0.05) is 67.1 Å². The van der Waals surface area contributed by atoms with Crippen molar-refractivity contribution in [3.63, 3.8) is 0 Å². The van der Waals surface area contributed by atoms with Gasteiger partial charge in [-0.15, -0.1) is 0 Å². The molecular weight excluding hydrogens is 488 g/mol. The average molecular weight is 527 g/mol. The Morgan fingerprint density at radius 2 is 1.67 bits per heavy atom. The standard InChI is InChI=1S/C32H38N4O3/c1-6-22-14-17-25-26(23-10-8-7-9-11-23)19-27(34-31(39)33-24-15-12-21(2)13-16-24)30(38)36(28(25)18-22)20-29(37)35-32(3,4)5/h7-18,26-27H,6,19-20H2,1-5H3,(H,35,37)(H2,33,34,39). The Morgan fingerprint density at radius 3 is 2.31 bits per heavy atom. The highest BCUT2D eigenvalue weighted by atomic mass is 16.2. The molecule has 0 bridgehead atoms. The molecule has 3 aromatic carbocycles. The van der Waals surface area contributed by atoms with Crippen molar-refractivity contribution in [2.45, 2.75) is 65.0 Å². The minimum atomic E-state index is -0.847. The number of rotatable bonds is 6. The Labute approximate surface area is 231 Å². The van der Waals surface area contributed by atoms with Crippen molar-refractivity contribution < 1.29 is 14.4 Å². The van der Waals surface area contributed by atoms with Gasteiger partial charge in [0, 0.05) is 22.8 Å². The van der Waals surface area contributed by atoms with E-state index in [1.54, 1.807) is 0 Å². The van der Waals surface area contributed by atoms with E-state index in [-0.39, 0.29) is 24.3 Å². The minimum Gasteiger partial charge on any atom is -0.350 e. The highest BCUT2D eigenvalue weighted by molar-refractivity contribution is 6.05. The summed E-state index contributed by atoms with van der Waals surface area (Å²) in [5.41, 5.74) is 5.05. The van der Waals surface area contributed by atoms with Crippen molar-refractivity contribution in [3.05, 3.63) is 95.1 Å². The second-order valence-corrected chi connectivity index (χ2v) is 11.2. The van der Waals surface area contributed by atoms with E-state index in [0.717, 1.165) is 28.7 Å². The lowest BCUT2D eigenvalue weighted by atomic mass is 9.85. The fourth-order valence-corrected chi connectivity index (χ4v) is 4.96. The number of nitrogens with zero attached hydrogens (tertiary/aromatic N) is 1. The SMILES string of the molecule is CCc1ccc2c(c1)N(CC(=O)NC(C)(C)C)C(=O)C(NC(=O)Nc1ccc(C)cc1)CC2c1ccccc1. The molecule has 0 fully saturated rings. The third-order valence-electron chi connectivity index (χ3n) is 6.84. The molecule has 0 spiro atoms. The molecule has 1 aliphatic rings. The van der Waals surface area contributed by atoms with Gasteiger partial charge < -0.3 is 20.9 Å². The van der Waals surface area contributed by atoms with Crippen molar-refractivity contribution in [1.82, 2.24) is 10.6 Å². The third-order valence-corrected chi connectivity index (χ3v) is 6.84. The van der Waals surface area contributed by atoms with Gasteiger partial charge in [0.15, 0.2) is 0 Å². The van der Waals surface area contributed by atoms with Crippen LogP contribution in [0.1, 0.15) is 62.3 Å². The number of hydrogen-bond acceptors (Lipinski definition) is 3. The zero-order valence-corrected chi connectivity index (χ0v) is 23.4. The molecule has 4 rings (SSSR count). The second-order valence-electron chi connectivity index (χ2n) is 11.2. The number of urea groups is 1. The van der Waals surface area contributed by atoms with E-state index in [1.165, 1.54) is 4.90 Å². The molecule has 0 saturated heterocycles. The number of aryl methyl sites for hydroxylation is 2. The minimum absolute atomic E-state index is 0.143. The quantitative estimate of drug-likeness (QED) is 0.394. The number of carbonyl (C=O) groups excluding carboxylic acids is 3. The van der Waals surface area contributed by atoms with Crippen LogP contribution in [0, 0.1) is 6.92 Å². The summed E-state index contributed by atoms with van der Waals surface area (Å²) >= 11 is 0. The predicted octanol–water partition coefficient (Wildman–Crippen LogP) is 5.53. The fourth-order valence-electron chi connectivity index (χ4n) is 4.96. The highest BCUT2D eigenvalue weighted by Gasteiger charge is 2.37. The highest BCUT2D eigenvalue weighted by Crippen LogP contribution is 2.40. The summed E-state index contributed by atoms with van der Waals surface area (Å²) in [6.45, 7) is 9.61. The second kappa shape index (κ2) is 11.7. The van der Waals surface area contributed by atoms with Crippen LogP contribution < -0.4 is 20.9 Å². The van der Waals surface area contributed by atoms with E-state index in [2.05, 4.69) is 35.0 Å². The van der Waals surface area contributed by atoms with Gasteiger partial charge in [0.25, 0.3) is 0 Å². The van der Waals surface area contributed by atoms with Crippen LogP contribution >= 0.6 is 0 Å². The van der Waals surface area contributed by atoms with Gasteiger partial charge in [-0.05, 0) is 75.4 Å². The number of benzene rings is 3. The molecule has 0 saturated carbocycles. The largest absolute Gasteiger partial charge is 0.350 e. The number of fused-ring (bicyclic) bond motifs is 1. The Hall–Kier alpha value is -4.13. The molecule has 2 unspecified atom stereocenters. The Morgan fingerprint density at radius 1 is 0.974 bits per heavy atom. The van der Waals surface area contributed by atoms with Crippen molar-refractivity contribution in [3.8, 4) is 0 Å². The third kappa shape index (κ3) is 7.05. The average Bonchev–Trinajstić information content (AvgIpc) is 2.99. The maximum absolute atomic E-state index is 14.1. The Bertz CT molecular complexity index is 1330. The molecular formula is C32H38N4O3. The van der Waals surface area contributed by atoms with Crippen molar-refractivity contribution in [2.75, 3.05) is 16.8 Å². The molecule has 3 N–H and O–H groups in total. The maximum atomic E-state index is 14.1. The molecule has 0 aromatic heterocycles. The summed E-state index contributed by atoms with van der Waals surface area (Å²) in [6.07, 6.45) is 1.15. The van der Waals surface area contributed by atoms with Gasteiger partial charge in [-0.3, -0.25) is 9.59 Å². The normalized spacial score (nSPS) is 17.2. The molecule has 204 valence electrons. The number of carbonyl (C=O) groups is 3. The first-order valence-corrected chi connectivity index (χ1v) is 13.5. The zero-order chi connectivity index (χ0) is 28.2. The number of nitrogens with one attached hydrogen (secondary N) is 3. The van der Waals surface area contributed by atoms with Gasteiger partial charge in [-0.25, -0.2) is 4.79 Å². The molecule has 39 heavy (non-hydrogen) atoms. The molecule has 0 radical (unpaired) electrons. The van der Waals surface area contributed by atoms with Crippen LogP contribution in [0.2, 0.25) is 0 Å². The molecule has 7 nitrogen and oxygen atoms in total. The van der Waals surface area contributed by atoms with Gasteiger partial charge in [-0.2, -0.15) is 0 Å². The zero-order valence-electron chi connectivity index (χ0n) is 23.4. The van der Waals surface area contributed by atoms with Gasteiger partial charge >= 0.3 is 6.03 Å². The summed E-state index contributed by atoms with van der Waals surface area (Å²) in [6, 6.07) is 22.3. The molecule has 0 aliphatic carbocycles. The predicted molar refractivity (Wildman–Crippen MR) is 156 cm³/mol. The van der Waals surface area contributed by atoms with E-state index in [1.807, 2.05) is 88.4 Å². The molecule has 1 aliphatic heterocycles. The smallest absolute Gasteiger partial charge is 0.319 e. The van der Waals surface area contributed by atoms with Crippen LogP contribution in [0.4, 0.5) is 16.2 Å².